The molecule has 0 aliphatic heterocycles. The summed E-state index contributed by atoms with van der Waals surface area (Å²) in [6.07, 6.45) is 8.38. The fourth-order valence-corrected chi connectivity index (χ4v) is 2.09. The molecule has 21 heavy (non-hydrogen) atoms. The molecule has 0 aliphatic carbocycles. The smallest absolute Gasteiger partial charge is 0.358 e. The van der Waals surface area contributed by atoms with E-state index in [1.165, 1.54) is 31.9 Å². The zero-order chi connectivity index (χ0) is 15.7. The molecule has 0 spiro atoms. The maximum atomic E-state index is 12.0. The molecule has 0 radical (unpaired) electrons. The van der Waals surface area contributed by atoms with E-state index >= 15 is 0 Å². The Morgan fingerprint density at radius 2 is 1.90 bits per heavy atom. The minimum atomic E-state index is -0.460. The fourth-order valence-electron chi connectivity index (χ4n) is 1.92. The second-order valence-electron chi connectivity index (χ2n) is 5.48. The molecule has 1 heterocycles. The molecule has 0 aliphatic rings. The summed E-state index contributed by atoms with van der Waals surface area (Å²) >= 11 is 5.97. The largest absolute Gasteiger partial charge is 0.461 e. The van der Waals surface area contributed by atoms with Crippen molar-refractivity contribution in [1.82, 2.24) is 9.97 Å². The topological polar surface area (TPSA) is 52.1 Å². The summed E-state index contributed by atoms with van der Waals surface area (Å²) in [5, 5.41) is 0.243. The van der Waals surface area contributed by atoms with Crippen LogP contribution in [0.4, 0.5) is 0 Å². The summed E-state index contributed by atoms with van der Waals surface area (Å²) in [6.45, 7) is 6.55. The number of carbonyl (C=O) groups is 1. The van der Waals surface area contributed by atoms with E-state index in [1.54, 1.807) is 0 Å². The molecule has 4 nitrogen and oxygen atoms in total. The third kappa shape index (κ3) is 6.42. The number of rotatable bonds is 9. The maximum Gasteiger partial charge on any atom is 0.358 e. The van der Waals surface area contributed by atoms with E-state index in [-0.39, 0.29) is 16.6 Å². The molecule has 0 saturated carbocycles. The van der Waals surface area contributed by atoms with Crippen molar-refractivity contribution in [3.05, 3.63) is 22.7 Å². The number of ether oxygens (including phenoxy) is 1. The minimum Gasteiger partial charge on any atom is -0.461 e. The van der Waals surface area contributed by atoms with Crippen LogP contribution in [-0.2, 0) is 4.74 Å². The van der Waals surface area contributed by atoms with Gasteiger partial charge in [0.05, 0.1) is 17.8 Å². The Balaban J connectivity index is 2.40. The summed E-state index contributed by atoms with van der Waals surface area (Å²) in [7, 11) is 0. The first kappa shape index (κ1) is 17.9. The molecule has 5 heteroatoms. The van der Waals surface area contributed by atoms with Crippen molar-refractivity contribution in [2.75, 3.05) is 6.61 Å². The normalized spacial score (nSPS) is 10.9. The maximum absolute atomic E-state index is 12.0. The first-order valence-corrected chi connectivity index (χ1v) is 8.13. The lowest BCUT2D eigenvalue weighted by molar-refractivity contribution is 0.0490. The van der Waals surface area contributed by atoms with Gasteiger partial charge in [-0.15, -0.1) is 0 Å². The molecule has 0 unspecified atom stereocenters. The predicted octanol–water partition coefficient (Wildman–Crippen LogP) is 4.77. The van der Waals surface area contributed by atoms with Crippen LogP contribution in [0.3, 0.4) is 0 Å². The van der Waals surface area contributed by atoms with E-state index in [9.17, 15) is 4.79 Å². The molecule has 0 aromatic carbocycles. The molecule has 0 amide bonds. The van der Waals surface area contributed by atoms with Crippen LogP contribution in [0.2, 0.25) is 5.02 Å². The van der Waals surface area contributed by atoms with E-state index in [4.69, 9.17) is 16.3 Å². The molecule has 0 bridgehead atoms. The number of hydrogen-bond donors (Lipinski definition) is 0. The van der Waals surface area contributed by atoms with Crippen LogP contribution in [0, 0.1) is 0 Å². The van der Waals surface area contributed by atoms with E-state index in [0.717, 1.165) is 12.8 Å². The number of esters is 1. The second kappa shape index (κ2) is 9.72. The number of unbranched alkanes of at least 4 members (excludes halogenated alkanes) is 5. The van der Waals surface area contributed by atoms with Gasteiger partial charge in [0.1, 0.15) is 5.82 Å². The Morgan fingerprint density at radius 1 is 1.24 bits per heavy atom. The van der Waals surface area contributed by atoms with E-state index in [0.29, 0.717) is 12.4 Å². The Kier molecular flexibility index (Phi) is 8.28. The van der Waals surface area contributed by atoms with Crippen LogP contribution in [0.1, 0.15) is 81.5 Å². The highest BCUT2D eigenvalue weighted by Gasteiger charge is 2.16. The van der Waals surface area contributed by atoms with Gasteiger partial charge in [-0.05, 0) is 6.42 Å². The number of hydrogen-bond acceptors (Lipinski definition) is 4. The van der Waals surface area contributed by atoms with E-state index in [2.05, 4.69) is 16.9 Å². The van der Waals surface area contributed by atoms with Crippen molar-refractivity contribution in [3.63, 3.8) is 0 Å². The first-order chi connectivity index (χ1) is 10.1. The molecular weight excluding hydrogens is 288 g/mol. The van der Waals surface area contributed by atoms with Gasteiger partial charge in [-0.2, -0.15) is 0 Å². The number of aromatic nitrogens is 2. The van der Waals surface area contributed by atoms with Gasteiger partial charge < -0.3 is 4.74 Å². The quantitative estimate of drug-likeness (QED) is 0.487. The first-order valence-electron chi connectivity index (χ1n) is 7.75. The number of nitrogens with zero attached hydrogens (tertiary/aromatic N) is 2. The average molecular weight is 313 g/mol. The lowest BCUT2D eigenvalue weighted by Crippen LogP contribution is -2.12. The highest BCUT2D eigenvalue weighted by molar-refractivity contribution is 6.33. The lowest BCUT2D eigenvalue weighted by Gasteiger charge is -2.08. The Morgan fingerprint density at radius 3 is 2.57 bits per heavy atom. The summed E-state index contributed by atoms with van der Waals surface area (Å²) in [6, 6.07) is 0. The zero-order valence-corrected chi connectivity index (χ0v) is 13.9. The van der Waals surface area contributed by atoms with Gasteiger partial charge in [0.15, 0.2) is 5.69 Å². The van der Waals surface area contributed by atoms with Crippen LogP contribution in [0.5, 0.6) is 0 Å². The molecule has 1 aromatic rings. The zero-order valence-electron chi connectivity index (χ0n) is 13.2. The second-order valence-corrected chi connectivity index (χ2v) is 5.89. The van der Waals surface area contributed by atoms with Gasteiger partial charge in [-0.1, -0.05) is 64.5 Å². The average Bonchev–Trinajstić information content (AvgIpc) is 2.46. The Hall–Kier alpha value is -1.16. The Bertz CT molecular complexity index is 450. The van der Waals surface area contributed by atoms with Crippen molar-refractivity contribution in [2.24, 2.45) is 0 Å². The van der Waals surface area contributed by atoms with Crippen LogP contribution in [0.25, 0.3) is 0 Å². The molecule has 1 aromatic heterocycles. The van der Waals surface area contributed by atoms with Gasteiger partial charge >= 0.3 is 5.97 Å². The van der Waals surface area contributed by atoms with Gasteiger partial charge in [-0.25, -0.2) is 14.8 Å². The monoisotopic (exact) mass is 312 g/mol. The van der Waals surface area contributed by atoms with Gasteiger partial charge in [-0.3, -0.25) is 0 Å². The summed E-state index contributed by atoms with van der Waals surface area (Å²) in [4.78, 5) is 20.3. The summed E-state index contributed by atoms with van der Waals surface area (Å²) in [5.41, 5.74) is 0.168. The molecule has 1 rings (SSSR count). The van der Waals surface area contributed by atoms with Crippen molar-refractivity contribution >= 4 is 17.6 Å². The van der Waals surface area contributed by atoms with Crippen LogP contribution < -0.4 is 0 Å². The summed E-state index contributed by atoms with van der Waals surface area (Å²) < 4.78 is 5.24. The van der Waals surface area contributed by atoms with Crippen molar-refractivity contribution in [2.45, 2.75) is 65.2 Å². The molecule has 0 fully saturated rings. The highest BCUT2D eigenvalue weighted by atomic mass is 35.5. The number of halogens is 1. The SMILES string of the molecule is CCCCCCCCOC(=O)c1nc(C(C)C)ncc1Cl. The standard InChI is InChI=1S/C16H25ClN2O2/c1-4-5-6-7-8-9-10-21-16(20)14-13(17)11-18-15(19-14)12(2)3/h11-12H,4-10H2,1-3H3. The van der Waals surface area contributed by atoms with E-state index < -0.39 is 5.97 Å². The van der Waals surface area contributed by atoms with Crippen LogP contribution in [-0.4, -0.2) is 22.5 Å². The molecule has 0 N–H and O–H groups in total. The van der Waals surface area contributed by atoms with Gasteiger partial charge in [0.2, 0.25) is 0 Å². The third-order valence-electron chi connectivity index (χ3n) is 3.20. The predicted molar refractivity (Wildman–Crippen MR) is 84.8 cm³/mol. The van der Waals surface area contributed by atoms with Gasteiger partial charge in [0, 0.05) is 5.92 Å². The molecular formula is C16H25ClN2O2. The molecule has 0 saturated heterocycles. The lowest BCUT2D eigenvalue weighted by atomic mass is 10.1. The van der Waals surface area contributed by atoms with Crippen molar-refractivity contribution < 1.29 is 9.53 Å². The van der Waals surface area contributed by atoms with Gasteiger partial charge in [0.25, 0.3) is 0 Å². The highest BCUT2D eigenvalue weighted by Crippen LogP contribution is 2.17. The van der Waals surface area contributed by atoms with Crippen molar-refractivity contribution in [3.8, 4) is 0 Å². The minimum absolute atomic E-state index is 0.146. The molecule has 118 valence electrons. The Labute approximate surface area is 132 Å². The number of carbonyl (C=O) groups excluding carboxylic acids is 1. The molecule has 0 atom stereocenters. The van der Waals surface area contributed by atoms with Crippen LogP contribution >= 0.6 is 11.6 Å². The summed E-state index contributed by atoms with van der Waals surface area (Å²) in [5.74, 6) is 0.288. The fraction of sp³-hybridized carbons (Fsp3) is 0.688. The van der Waals surface area contributed by atoms with E-state index in [1.807, 2.05) is 13.8 Å². The van der Waals surface area contributed by atoms with Crippen LogP contribution in [0.15, 0.2) is 6.20 Å². The third-order valence-corrected chi connectivity index (χ3v) is 3.48. The van der Waals surface area contributed by atoms with Crippen molar-refractivity contribution in [1.29, 1.82) is 0 Å².